The maximum atomic E-state index is 12.2. The number of fused-ring (bicyclic) bond motifs is 1. The highest BCUT2D eigenvalue weighted by molar-refractivity contribution is 7.18. The maximum absolute atomic E-state index is 12.2. The highest BCUT2D eigenvalue weighted by Gasteiger charge is 2.15. The lowest BCUT2D eigenvalue weighted by Gasteiger charge is -2.17. The fourth-order valence-electron chi connectivity index (χ4n) is 2.91. The summed E-state index contributed by atoms with van der Waals surface area (Å²) in [5.74, 6) is -0.682. The predicted molar refractivity (Wildman–Crippen MR) is 111 cm³/mol. The number of esters is 1. The molecule has 3 aromatic rings. The molecule has 1 heterocycles. The third-order valence-corrected chi connectivity index (χ3v) is 5.56. The van der Waals surface area contributed by atoms with E-state index in [0.717, 1.165) is 27.2 Å². The van der Waals surface area contributed by atoms with Crippen molar-refractivity contribution in [3.63, 3.8) is 0 Å². The number of nitrogens with zero attached hydrogens (tertiary/aromatic N) is 1. The molecule has 2 aromatic carbocycles. The lowest BCUT2D eigenvalue weighted by molar-refractivity contribution is -0.148. The average molecular weight is 397 g/mol. The number of nitrogens with one attached hydrogen (secondary N) is 1. The van der Waals surface area contributed by atoms with E-state index in [0.29, 0.717) is 6.42 Å². The molecular formula is C22H24N2O3S. The summed E-state index contributed by atoms with van der Waals surface area (Å²) < 4.78 is 6.23. The fraction of sp³-hybridized carbons (Fsp3) is 0.318. The summed E-state index contributed by atoms with van der Waals surface area (Å²) in [4.78, 5) is 28.6. The molecule has 1 atom stereocenters. The Kier molecular flexibility index (Phi) is 6.76. The molecule has 6 heteroatoms. The van der Waals surface area contributed by atoms with Gasteiger partial charge < -0.3 is 10.1 Å². The summed E-state index contributed by atoms with van der Waals surface area (Å²) in [6.07, 6.45) is 1.49. The molecule has 146 valence electrons. The van der Waals surface area contributed by atoms with Gasteiger partial charge in [0.2, 0.25) is 0 Å². The summed E-state index contributed by atoms with van der Waals surface area (Å²) in [5.41, 5.74) is 3.16. The van der Waals surface area contributed by atoms with Gasteiger partial charge in [-0.2, -0.15) is 0 Å². The van der Waals surface area contributed by atoms with Crippen molar-refractivity contribution in [3.05, 3.63) is 64.7 Å². The molecule has 0 aliphatic rings. The van der Waals surface area contributed by atoms with E-state index in [2.05, 4.69) is 10.3 Å². The van der Waals surface area contributed by atoms with Gasteiger partial charge >= 0.3 is 5.97 Å². The molecule has 0 unspecified atom stereocenters. The number of carbonyl (C=O) groups is 2. The molecule has 0 fully saturated rings. The van der Waals surface area contributed by atoms with Crippen LogP contribution in [0, 0.1) is 6.92 Å². The number of benzene rings is 2. The summed E-state index contributed by atoms with van der Waals surface area (Å²) >= 11 is 1.58. The molecule has 0 spiro atoms. The average Bonchev–Trinajstić information content (AvgIpc) is 3.12. The van der Waals surface area contributed by atoms with Crippen molar-refractivity contribution in [1.29, 1.82) is 0 Å². The SMILES string of the molecule is CC[C@@H](NC(=O)COC(=O)CCc1nc2ccccc2s1)c1ccc(C)cc1. The van der Waals surface area contributed by atoms with Crippen molar-refractivity contribution in [2.75, 3.05) is 6.61 Å². The van der Waals surface area contributed by atoms with E-state index < -0.39 is 5.97 Å². The summed E-state index contributed by atoms with van der Waals surface area (Å²) in [6, 6.07) is 15.8. The van der Waals surface area contributed by atoms with Crippen molar-refractivity contribution in [2.45, 2.75) is 39.2 Å². The zero-order chi connectivity index (χ0) is 19.9. The van der Waals surface area contributed by atoms with Crippen LogP contribution in [0.4, 0.5) is 0 Å². The largest absolute Gasteiger partial charge is 0.456 e. The Morgan fingerprint density at radius 1 is 1.14 bits per heavy atom. The standard InChI is InChI=1S/C22H24N2O3S/c1-3-17(16-10-8-15(2)9-11-16)23-20(25)14-27-22(26)13-12-21-24-18-6-4-5-7-19(18)28-21/h4-11,17H,3,12-14H2,1-2H3,(H,23,25)/t17-/m1/s1. The van der Waals surface area contributed by atoms with E-state index in [1.165, 1.54) is 5.56 Å². The molecule has 1 amide bonds. The molecule has 0 radical (unpaired) electrons. The summed E-state index contributed by atoms with van der Waals surface area (Å²) in [6.45, 7) is 3.77. The van der Waals surface area contributed by atoms with Crippen LogP contribution in [0.2, 0.25) is 0 Å². The van der Waals surface area contributed by atoms with Crippen LogP contribution in [0.15, 0.2) is 48.5 Å². The van der Waals surface area contributed by atoms with E-state index in [1.54, 1.807) is 11.3 Å². The van der Waals surface area contributed by atoms with Gasteiger partial charge in [0.1, 0.15) is 0 Å². The molecule has 0 aliphatic carbocycles. The first kappa shape index (κ1) is 20.0. The van der Waals surface area contributed by atoms with Gasteiger partial charge in [-0.3, -0.25) is 9.59 Å². The minimum Gasteiger partial charge on any atom is -0.456 e. The van der Waals surface area contributed by atoms with Crippen LogP contribution < -0.4 is 5.32 Å². The number of aromatic nitrogens is 1. The molecule has 5 nitrogen and oxygen atoms in total. The second-order valence-electron chi connectivity index (χ2n) is 6.68. The maximum Gasteiger partial charge on any atom is 0.306 e. The third kappa shape index (κ3) is 5.39. The van der Waals surface area contributed by atoms with Gasteiger partial charge in [-0.25, -0.2) is 4.98 Å². The van der Waals surface area contributed by atoms with Crippen LogP contribution in [0.1, 0.15) is 41.9 Å². The van der Waals surface area contributed by atoms with Crippen LogP contribution in [-0.2, 0) is 20.7 Å². The molecule has 1 N–H and O–H groups in total. The van der Waals surface area contributed by atoms with E-state index in [-0.39, 0.29) is 25.0 Å². The van der Waals surface area contributed by atoms with Crippen molar-refractivity contribution >= 4 is 33.4 Å². The second kappa shape index (κ2) is 9.46. The minimum absolute atomic E-state index is 0.0884. The number of aryl methyl sites for hydroxylation is 2. The number of amides is 1. The number of hydrogen-bond acceptors (Lipinski definition) is 5. The normalized spacial score (nSPS) is 11.9. The Balaban J connectivity index is 1.44. The van der Waals surface area contributed by atoms with Crippen molar-refractivity contribution < 1.29 is 14.3 Å². The van der Waals surface area contributed by atoms with Gasteiger partial charge in [0.15, 0.2) is 6.61 Å². The van der Waals surface area contributed by atoms with Gasteiger partial charge in [-0.1, -0.05) is 48.9 Å². The molecule has 28 heavy (non-hydrogen) atoms. The minimum atomic E-state index is -0.391. The number of hydrogen-bond donors (Lipinski definition) is 1. The van der Waals surface area contributed by atoms with Crippen LogP contribution in [0.5, 0.6) is 0 Å². The lowest BCUT2D eigenvalue weighted by Crippen LogP contribution is -2.32. The van der Waals surface area contributed by atoms with Crippen molar-refractivity contribution in [2.24, 2.45) is 0 Å². The number of para-hydroxylation sites is 1. The first-order chi connectivity index (χ1) is 13.5. The van der Waals surface area contributed by atoms with Crippen LogP contribution in [0.25, 0.3) is 10.2 Å². The van der Waals surface area contributed by atoms with Gasteiger partial charge in [0.25, 0.3) is 5.91 Å². The zero-order valence-corrected chi connectivity index (χ0v) is 16.9. The Bertz CT molecular complexity index is 917. The van der Waals surface area contributed by atoms with Gasteiger partial charge in [-0.05, 0) is 31.0 Å². The first-order valence-corrected chi connectivity index (χ1v) is 10.2. The third-order valence-electron chi connectivity index (χ3n) is 4.47. The Labute approximate surface area is 168 Å². The van der Waals surface area contributed by atoms with Crippen LogP contribution in [-0.4, -0.2) is 23.5 Å². The van der Waals surface area contributed by atoms with Crippen molar-refractivity contribution in [3.8, 4) is 0 Å². The summed E-state index contributed by atoms with van der Waals surface area (Å²) in [7, 11) is 0. The Morgan fingerprint density at radius 3 is 2.61 bits per heavy atom. The zero-order valence-electron chi connectivity index (χ0n) is 16.1. The van der Waals surface area contributed by atoms with E-state index >= 15 is 0 Å². The monoisotopic (exact) mass is 396 g/mol. The number of thiazole rings is 1. The number of rotatable bonds is 8. The number of carbonyl (C=O) groups excluding carboxylic acids is 2. The molecule has 0 saturated heterocycles. The molecule has 0 bridgehead atoms. The Morgan fingerprint density at radius 2 is 1.89 bits per heavy atom. The summed E-state index contributed by atoms with van der Waals surface area (Å²) in [5, 5.41) is 3.82. The second-order valence-corrected chi connectivity index (χ2v) is 7.79. The highest BCUT2D eigenvalue weighted by Crippen LogP contribution is 2.22. The lowest BCUT2D eigenvalue weighted by atomic mass is 10.0. The van der Waals surface area contributed by atoms with Gasteiger partial charge in [0.05, 0.1) is 27.7 Å². The van der Waals surface area contributed by atoms with E-state index in [4.69, 9.17) is 4.74 Å². The van der Waals surface area contributed by atoms with Crippen molar-refractivity contribution in [1.82, 2.24) is 10.3 Å². The van der Waals surface area contributed by atoms with E-state index in [1.807, 2.05) is 62.4 Å². The first-order valence-electron chi connectivity index (χ1n) is 9.41. The molecule has 0 aliphatic heterocycles. The molecule has 0 saturated carbocycles. The quantitative estimate of drug-likeness (QED) is 0.575. The molecular weight excluding hydrogens is 372 g/mol. The molecule has 1 aromatic heterocycles. The topological polar surface area (TPSA) is 68.3 Å². The van der Waals surface area contributed by atoms with E-state index in [9.17, 15) is 9.59 Å². The molecule has 3 rings (SSSR count). The predicted octanol–water partition coefficient (Wildman–Crippen LogP) is 4.35. The Hall–Kier alpha value is -2.73. The van der Waals surface area contributed by atoms with Crippen LogP contribution in [0.3, 0.4) is 0 Å². The van der Waals surface area contributed by atoms with Gasteiger partial charge in [0, 0.05) is 6.42 Å². The smallest absolute Gasteiger partial charge is 0.306 e. The van der Waals surface area contributed by atoms with Crippen LogP contribution >= 0.6 is 11.3 Å². The fourth-order valence-corrected chi connectivity index (χ4v) is 3.88. The highest BCUT2D eigenvalue weighted by atomic mass is 32.1. The number of ether oxygens (including phenoxy) is 1. The van der Waals surface area contributed by atoms with Gasteiger partial charge in [-0.15, -0.1) is 11.3 Å².